The highest BCUT2D eigenvalue weighted by molar-refractivity contribution is 5.07. The fourth-order valence-electron chi connectivity index (χ4n) is 2.86. The van der Waals surface area contributed by atoms with E-state index >= 15 is 0 Å². The minimum absolute atomic E-state index is 0.518. The molecule has 0 radical (unpaired) electrons. The predicted molar refractivity (Wildman–Crippen MR) is 41.2 cm³/mol. The fraction of sp³-hybridized carbons (Fsp3) is 1.00. The summed E-state index contributed by atoms with van der Waals surface area (Å²) in [4.78, 5) is 2.37. The Labute approximate surface area is 66.6 Å². The van der Waals surface area contributed by atoms with Crippen LogP contribution >= 0.6 is 0 Å². The Morgan fingerprint density at radius 2 is 2.18 bits per heavy atom. The van der Waals surface area contributed by atoms with Crippen molar-refractivity contribution in [2.75, 3.05) is 13.1 Å². The van der Waals surface area contributed by atoms with Crippen LogP contribution in [0.4, 0.5) is 4.39 Å². The Balaban J connectivity index is 1.77. The lowest BCUT2D eigenvalue weighted by atomic mass is 10.0. The zero-order chi connectivity index (χ0) is 7.47. The van der Waals surface area contributed by atoms with Crippen LogP contribution in [-0.2, 0) is 0 Å². The molecule has 2 heterocycles. The third-order valence-corrected chi connectivity index (χ3v) is 3.64. The van der Waals surface area contributed by atoms with Crippen LogP contribution in [0.3, 0.4) is 0 Å². The topological polar surface area (TPSA) is 3.24 Å². The monoisotopic (exact) mass is 155 g/mol. The van der Waals surface area contributed by atoms with Gasteiger partial charge in [-0.05, 0) is 31.1 Å². The molecular formula is C9H14FN. The maximum Gasteiger partial charge on any atom is 0.114 e. The summed E-state index contributed by atoms with van der Waals surface area (Å²) in [6.07, 6.45) is 4.43. The van der Waals surface area contributed by atoms with Gasteiger partial charge in [-0.1, -0.05) is 0 Å². The summed E-state index contributed by atoms with van der Waals surface area (Å²) in [6.45, 7) is 1.94. The first-order valence-corrected chi connectivity index (χ1v) is 4.66. The van der Waals surface area contributed by atoms with Gasteiger partial charge in [0.1, 0.15) is 6.17 Å². The molecule has 1 nitrogen and oxygen atoms in total. The molecule has 2 saturated heterocycles. The molecular weight excluding hydrogens is 141 g/mol. The Morgan fingerprint density at radius 3 is 2.82 bits per heavy atom. The molecule has 62 valence electrons. The van der Waals surface area contributed by atoms with Gasteiger partial charge in [-0.2, -0.15) is 0 Å². The van der Waals surface area contributed by atoms with Crippen LogP contribution in [0.15, 0.2) is 0 Å². The Kier molecular flexibility index (Phi) is 1.04. The van der Waals surface area contributed by atoms with Crippen LogP contribution in [0.1, 0.15) is 25.7 Å². The van der Waals surface area contributed by atoms with E-state index in [4.69, 9.17) is 0 Å². The maximum atomic E-state index is 12.9. The van der Waals surface area contributed by atoms with Gasteiger partial charge in [0.25, 0.3) is 0 Å². The molecule has 0 aromatic carbocycles. The fourth-order valence-corrected chi connectivity index (χ4v) is 2.86. The van der Waals surface area contributed by atoms with Crippen molar-refractivity contribution in [3.05, 3.63) is 0 Å². The van der Waals surface area contributed by atoms with Crippen molar-refractivity contribution in [2.24, 2.45) is 5.41 Å². The van der Waals surface area contributed by atoms with Gasteiger partial charge in [0.2, 0.25) is 0 Å². The average molecular weight is 155 g/mol. The van der Waals surface area contributed by atoms with Crippen molar-refractivity contribution in [3.63, 3.8) is 0 Å². The van der Waals surface area contributed by atoms with E-state index in [0.717, 1.165) is 13.0 Å². The lowest BCUT2D eigenvalue weighted by Crippen LogP contribution is -2.23. The van der Waals surface area contributed by atoms with Crippen LogP contribution in [0.2, 0.25) is 0 Å². The molecule has 1 saturated carbocycles. The van der Waals surface area contributed by atoms with Crippen molar-refractivity contribution >= 4 is 0 Å². The number of alkyl halides is 1. The normalized spacial score (nSPS) is 46.6. The summed E-state index contributed by atoms with van der Waals surface area (Å²) >= 11 is 0. The Hall–Kier alpha value is -0.110. The molecule has 0 N–H and O–H groups in total. The van der Waals surface area contributed by atoms with Gasteiger partial charge in [0, 0.05) is 19.1 Å². The smallest absolute Gasteiger partial charge is 0.114 e. The SMILES string of the molecule is FC1CC2CC3(CC3)CN2C1. The van der Waals surface area contributed by atoms with E-state index in [2.05, 4.69) is 4.90 Å². The summed E-state index contributed by atoms with van der Waals surface area (Å²) in [7, 11) is 0. The molecule has 0 aromatic heterocycles. The average Bonchev–Trinajstić information content (AvgIpc) is 2.44. The molecule has 2 unspecified atom stereocenters. The third kappa shape index (κ3) is 0.851. The number of rotatable bonds is 0. The highest BCUT2D eigenvalue weighted by Gasteiger charge is 2.54. The van der Waals surface area contributed by atoms with E-state index in [1.165, 1.54) is 25.8 Å². The first-order chi connectivity index (χ1) is 5.27. The molecule has 3 rings (SSSR count). The second kappa shape index (κ2) is 1.79. The van der Waals surface area contributed by atoms with Crippen LogP contribution in [0, 0.1) is 5.41 Å². The van der Waals surface area contributed by atoms with Crippen LogP contribution in [-0.4, -0.2) is 30.2 Å². The van der Waals surface area contributed by atoms with E-state index in [1.807, 2.05) is 0 Å². The molecule has 3 fully saturated rings. The molecule has 0 amide bonds. The first kappa shape index (κ1) is 6.41. The van der Waals surface area contributed by atoms with Crippen LogP contribution in [0.25, 0.3) is 0 Å². The largest absolute Gasteiger partial charge is 0.297 e. The van der Waals surface area contributed by atoms with E-state index in [1.54, 1.807) is 0 Å². The van der Waals surface area contributed by atoms with Crippen LogP contribution < -0.4 is 0 Å². The van der Waals surface area contributed by atoms with E-state index in [-0.39, 0.29) is 0 Å². The second-order valence-electron chi connectivity index (χ2n) is 4.62. The van der Waals surface area contributed by atoms with Gasteiger partial charge in [0.15, 0.2) is 0 Å². The summed E-state index contributed by atoms with van der Waals surface area (Å²) in [6, 6.07) is 0.618. The van der Waals surface area contributed by atoms with Crippen molar-refractivity contribution < 1.29 is 4.39 Å². The van der Waals surface area contributed by atoms with Crippen LogP contribution in [0.5, 0.6) is 0 Å². The highest BCUT2D eigenvalue weighted by Crippen LogP contribution is 2.56. The summed E-state index contributed by atoms with van der Waals surface area (Å²) in [5, 5.41) is 0. The standard InChI is InChI=1S/C9H14FN/c10-7-3-8-4-9(1-2-9)6-11(8)5-7/h7-8H,1-6H2. The van der Waals surface area contributed by atoms with Gasteiger partial charge >= 0.3 is 0 Å². The van der Waals surface area contributed by atoms with E-state index in [9.17, 15) is 4.39 Å². The molecule has 0 bridgehead atoms. The molecule has 3 aliphatic rings. The predicted octanol–water partition coefficient (Wildman–Crippen LogP) is 1.58. The second-order valence-corrected chi connectivity index (χ2v) is 4.62. The molecule has 0 aromatic rings. The Morgan fingerprint density at radius 1 is 1.36 bits per heavy atom. The van der Waals surface area contributed by atoms with Gasteiger partial charge in [-0.15, -0.1) is 0 Å². The Bertz CT molecular complexity index is 172. The van der Waals surface area contributed by atoms with E-state index in [0.29, 0.717) is 11.5 Å². The van der Waals surface area contributed by atoms with Crippen molar-refractivity contribution in [3.8, 4) is 0 Å². The molecule has 2 atom stereocenters. The maximum absolute atomic E-state index is 12.9. The number of fused-ring (bicyclic) bond motifs is 1. The van der Waals surface area contributed by atoms with E-state index < -0.39 is 6.17 Å². The van der Waals surface area contributed by atoms with Crippen molar-refractivity contribution in [1.82, 2.24) is 4.90 Å². The molecule has 11 heavy (non-hydrogen) atoms. The summed E-state index contributed by atoms with van der Waals surface area (Å²) in [5.74, 6) is 0. The molecule has 1 spiro atoms. The highest BCUT2D eigenvalue weighted by atomic mass is 19.1. The zero-order valence-electron chi connectivity index (χ0n) is 6.72. The minimum atomic E-state index is -0.518. The van der Waals surface area contributed by atoms with Crippen molar-refractivity contribution in [2.45, 2.75) is 37.9 Å². The zero-order valence-corrected chi connectivity index (χ0v) is 6.72. The molecule has 2 heteroatoms. The molecule has 2 aliphatic heterocycles. The lowest BCUT2D eigenvalue weighted by molar-refractivity contribution is 0.279. The number of halogens is 1. The van der Waals surface area contributed by atoms with Gasteiger partial charge in [-0.25, -0.2) is 4.39 Å². The lowest BCUT2D eigenvalue weighted by Gasteiger charge is -2.12. The van der Waals surface area contributed by atoms with Gasteiger partial charge < -0.3 is 0 Å². The summed E-state index contributed by atoms with van der Waals surface area (Å²) in [5.41, 5.74) is 0.685. The quantitative estimate of drug-likeness (QED) is 0.513. The first-order valence-electron chi connectivity index (χ1n) is 4.66. The summed E-state index contributed by atoms with van der Waals surface area (Å²) < 4.78 is 12.9. The number of hydrogen-bond acceptors (Lipinski definition) is 1. The van der Waals surface area contributed by atoms with Gasteiger partial charge in [-0.3, -0.25) is 4.90 Å². The van der Waals surface area contributed by atoms with Crippen molar-refractivity contribution in [1.29, 1.82) is 0 Å². The number of nitrogens with zero attached hydrogens (tertiary/aromatic N) is 1. The molecule has 1 aliphatic carbocycles. The van der Waals surface area contributed by atoms with Gasteiger partial charge in [0.05, 0.1) is 0 Å². The minimum Gasteiger partial charge on any atom is -0.297 e. The third-order valence-electron chi connectivity index (χ3n) is 3.64. The number of hydrogen-bond donors (Lipinski definition) is 0.